The number of rotatable bonds is 5. The van der Waals surface area contributed by atoms with Gasteiger partial charge in [-0.15, -0.1) is 0 Å². The molecule has 0 atom stereocenters. The molecule has 0 bridgehead atoms. The van der Waals surface area contributed by atoms with Gasteiger partial charge in [0.05, 0.1) is 6.54 Å². The Morgan fingerprint density at radius 3 is 2.68 bits per heavy atom. The Bertz CT molecular complexity index is 941. The van der Waals surface area contributed by atoms with Gasteiger partial charge in [-0.05, 0) is 18.1 Å². The van der Waals surface area contributed by atoms with Gasteiger partial charge in [-0.2, -0.15) is 10.2 Å². The molecule has 0 radical (unpaired) electrons. The van der Waals surface area contributed by atoms with Gasteiger partial charge in [-0.25, -0.2) is 4.79 Å². The van der Waals surface area contributed by atoms with Gasteiger partial charge in [-0.1, -0.05) is 24.3 Å². The number of aryl methyl sites for hydroxylation is 2. The molecule has 0 unspecified atom stereocenters. The first-order valence-electron chi connectivity index (χ1n) is 7.60. The smallest absolute Gasteiger partial charge is 0.339 e. The van der Waals surface area contributed by atoms with Crippen molar-refractivity contribution in [2.24, 2.45) is 7.05 Å². The first kappa shape index (κ1) is 16.4. The third-order valence-corrected chi connectivity index (χ3v) is 3.75. The molecule has 0 aliphatic rings. The van der Waals surface area contributed by atoms with Crippen molar-refractivity contribution in [3.05, 3.63) is 65.1 Å². The highest BCUT2D eigenvalue weighted by Crippen LogP contribution is 2.12. The van der Waals surface area contributed by atoms with Gasteiger partial charge in [0.2, 0.25) is 0 Å². The topological polar surface area (TPSA) is 102 Å². The number of hydrogen-bond acceptors (Lipinski definition) is 4. The van der Waals surface area contributed by atoms with Crippen molar-refractivity contribution >= 4 is 17.7 Å². The van der Waals surface area contributed by atoms with Gasteiger partial charge >= 0.3 is 5.97 Å². The zero-order valence-electron chi connectivity index (χ0n) is 13.8. The summed E-state index contributed by atoms with van der Waals surface area (Å²) in [6.45, 7) is 2.60. The summed E-state index contributed by atoms with van der Waals surface area (Å²) < 4.78 is 2.99. The normalized spacial score (nSPS) is 10.6. The number of carboxylic acid groups (broad SMARTS) is 1. The third-order valence-electron chi connectivity index (χ3n) is 3.75. The average Bonchev–Trinajstić information content (AvgIpc) is 3.16. The summed E-state index contributed by atoms with van der Waals surface area (Å²) in [7, 11) is 1.56. The van der Waals surface area contributed by atoms with Crippen LogP contribution < -0.4 is 5.32 Å². The summed E-state index contributed by atoms with van der Waals surface area (Å²) in [5.41, 5.74) is 1.98. The van der Waals surface area contributed by atoms with Crippen molar-refractivity contribution < 1.29 is 14.7 Å². The molecule has 1 amide bonds. The lowest BCUT2D eigenvalue weighted by Crippen LogP contribution is -2.17. The van der Waals surface area contributed by atoms with E-state index < -0.39 is 11.9 Å². The highest BCUT2D eigenvalue weighted by atomic mass is 16.4. The summed E-state index contributed by atoms with van der Waals surface area (Å²) >= 11 is 0. The highest BCUT2D eigenvalue weighted by molar-refractivity contribution is 6.08. The number of aromatic nitrogens is 4. The van der Waals surface area contributed by atoms with Crippen molar-refractivity contribution in [1.82, 2.24) is 19.6 Å². The standard InChI is InChI=1S/C17H17N5O3/c1-11-5-3-4-6-12(11)9-22-8-7-14(19-22)18-16(23)15-13(17(24)25)10-21(2)20-15/h3-8,10H,9H2,1-2H3,(H,24,25)(H,18,19,23). The van der Waals surface area contributed by atoms with E-state index in [9.17, 15) is 9.59 Å². The van der Waals surface area contributed by atoms with Gasteiger partial charge < -0.3 is 10.4 Å². The predicted octanol–water partition coefficient (Wildman–Crippen LogP) is 1.92. The van der Waals surface area contributed by atoms with E-state index in [4.69, 9.17) is 5.11 Å². The molecule has 8 heteroatoms. The summed E-state index contributed by atoms with van der Waals surface area (Å²) in [6.07, 6.45) is 3.03. The van der Waals surface area contributed by atoms with E-state index in [1.165, 1.54) is 10.9 Å². The van der Waals surface area contributed by atoms with E-state index in [-0.39, 0.29) is 11.3 Å². The fourth-order valence-corrected chi connectivity index (χ4v) is 2.47. The minimum atomic E-state index is -1.21. The number of amides is 1. The Hall–Kier alpha value is -3.42. The first-order chi connectivity index (χ1) is 11.9. The van der Waals surface area contributed by atoms with E-state index in [0.717, 1.165) is 11.1 Å². The summed E-state index contributed by atoms with van der Waals surface area (Å²) in [4.78, 5) is 23.5. The maximum Gasteiger partial charge on any atom is 0.339 e. The average molecular weight is 339 g/mol. The van der Waals surface area contributed by atoms with Gasteiger partial charge in [-0.3, -0.25) is 14.2 Å². The molecule has 0 fully saturated rings. The lowest BCUT2D eigenvalue weighted by Gasteiger charge is -2.05. The number of carbonyl (C=O) groups excluding carboxylic acids is 1. The van der Waals surface area contributed by atoms with Crippen molar-refractivity contribution in [2.45, 2.75) is 13.5 Å². The molecule has 2 heterocycles. The van der Waals surface area contributed by atoms with Crippen molar-refractivity contribution in [3.63, 3.8) is 0 Å². The molecule has 0 saturated heterocycles. The Morgan fingerprint density at radius 1 is 1.20 bits per heavy atom. The second kappa shape index (κ2) is 6.60. The fourth-order valence-electron chi connectivity index (χ4n) is 2.47. The second-order valence-corrected chi connectivity index (χ2v) is 5.65. The lowest BCUT2D eigenvalue weighted by atomic mass is 10.1. The van der Waals surface area contributed by atoms with Crippen LogP contribution in [0.5, 0.6) is 0 Å². The number of carbonyl (C=O) groups is 2. The molecule has 2 N–H and O–H groups in total. The molecule has 0 spiro atoms. The molecule has 0 aliphatic carbocycles. The van der Waals surface area contributed by atoms with Crippen molar-refractivity contribution in [2.75, 3.05) is 5.32 Å². The molecule has 128 valence electrons. The van der Waals surface area contributed by atoms with Crippen LogP contribution in [0.1, 0.15) is 32.0 Å². The molecule has 1 aromatic carbocycles. The first-order valence-corrected chi connectivity index (χ1v) is 7.60. The maximum absolute atomic E-state index is 12.3. The van der Waals surface area contributed by atoms with Gasteiger partial charge in [0, 0.05) is 25.5 Å². The number of nitrogens with zero attached hydrogens (tertiary/aromatic N) is 4. The van der Waals surface area contributed by atoms with Crippen LogP contribution in [0.25, 0.3) is 0 Å². The fraction of sp³-hybridized carbons (Fsp3) is 0.176. The van der Waals surface area contributed by atoms with E-state index in [2.05, 4.69) is 15.5 Å². The summed E-state index contributed by atoms with van der Waals surface area (Å²) in [6, 6.07) is 9.63. The minimum Gasteiger partial charge on any atom is -0.478 e. The van der Waals surface area contributed by atoms with Crippen molar-refractivity contribution in [1.29, 1.82) is 0 Å². The molecule has 0 aliphatic heterocycles. The molecule has 25 heavy (non-hydrogen) atoms. The van der Waals surface area contributed by atoms with E-state index in [1.54, 1.807) is 24.0 Å². The van der Waals surface area contributed by atoms with Gasteiger partial charge in [0.25, 0.3) is 5.91 Å². The Labute approximate surface area is 143 Å². The van der Waals surface area contributed by atoms with Crippen LogP contribution in [0, 0.1) is 6.92 Å². The van der Waals surface area contributed by atoms with Crippen LogP contribution in [-0.2, 0) is 13.6 Å². The highest BCUT2D eigenvalue weighted by Gasteiger charge is 2.21. The number of hydrogen-bond donors (Lipinski definition) is 2. The molecule has 3 rings (SSSR count). The molecule has 0 saturated carbocycles. The lowest BCUT2D eigenvalue weighted by molar-refractivity contribution is 0.0692. The van der Waals surface area contributed by atoms with Crippen LogP contribution >= 0.6 is 0 Å². The minimum absolute atomic E-state index is 0.150. The molecular formula is C17H17N5O3. The van der Waals surface area contributed by atoms with Crippen LogP contribution in [0.3, 0.4) is 0 Å². The quantitative estimate of drug-likeness (QED) is 0.739. The zero-order valence-corrected chi connectivity index (χ0v) is 13.8. The Morgan fingerprint density at radius 2 is 1.96 bits per heavy atom. The van der Waals surface area contributed by atoms with Gasteiger partial charge in [0.15, 0.2) is 11.5 Å². The number of benzene rings is 1. The third kappa shape index (κ3) is 3.57. The van der Waals surface area contributed by atoms with E-state index >= 15 is 0 Å². The zero-order chi connectivity index (χ0) is 18.0. The van der Waals surface area contributed by atoms with Gasteiger partial charge in [0.1, 0.15) is 5.56 Å². The number of nitrogens with one attached hydrogen (secondary N) is 1. The monoisotopic (exact) mass is 339 g/mol. The number of aromatic carboxylic acids is 1. The summed E-state index contributed by atoms with van der Waals surface area (Å²) in [5.74, 6) is -1.48. The SMILES string of the molecule is Cc1ccccc1Cn1ccc(NC(=O)c2nn(C)cc2C(=O)O)n1. The van der Waals surface area contributed by atoms with Crippen LogP contribution in [-0.4, -0.2) is 36.5 Å². The summed E-state index contributed by atoms with van der Waals surface area (Å²) in [5, 5.41) is 19.9. The van der Waals surface area contributed by atoms with Crippen LogP contribution in [0.2, 0.25) is 0 Å². The Balaban J connectivity index is 1.74. The largest absolute Gasteiger partial charge is 0.478 e. The predicted molar refractivity (Wildman–Crippen MR) is 90.6 cm³/mol. The van der Waals surface area contributed by atoms with Crippen LogP contribution in [0.4, 0.5) is 5.82 Å². The van der Waals surface area contributed by atoms with Crippen LogP contribution in [0.15, 0.2) is 42.7 Å². The molecule has 3 aromatic rings. The maximum atomic E-state index is 12.3. The molecule has 2 aromatic heterocycles. The molecule has 8 nitrogen and oxygen atoms in total. The Kier molecular flexibility index (Phi) is 4.34. The second-order valence-electron chi connectivity index (χ2n) is 5.65. The molecular weight excluding hydrogens is 322 g/mol. The van der Waals surface area contributed by atoms with E-state index in [1.807, 2.05) is 31.2 Å². The number of anilines is 1. The number of carboxylic acids is 1. The van der Waals surface area contributed by atoms with Crippen molar-refractivity contribution in [3.8, 4) is 0 Å². The van der Waals surface area contributed by atoms with E-state index in [0.29, 0.717) is 12.4 Å².